The molecule has 1 N–H and O–H groups in total. The number of rotatable bonds is 51. The second kappa shape index (κ2) is 54.0. The van der Waals surface area contributed by atoms with E-state index in [-0.39, 0.29) is 32.2 Å². The summed E-state index contributed by atoms with van der Waals surface area (Å²) in [5.74, 6) is -2.04. The predicted molar refractivity (Wildman–Crippen MR) is 308 cm³/mol. The molecule has 414 valence electrons. The molecule has 0 rings (SSSR count). The van der Waals surface area contributed by atoms with E-state index in [0.717, 1.165) is 122 Å². The highest BCUT2D eigenvalue weighted by atomic mass is 16.7. The maximum atomic E-state index is 12.8. The topological polar surface area (TPSA) is 108 Å². The Bertz CT molecular complexity index is 1610. The number of unbranched alkanes of at least 4 members (excludes halogenated alkanes) is 16. The van der Waals surface area contributed by atoms with Crippen LogP contribution >= 0.6 is 0 Å². The molecule has 0 bridgehead atoms. The lowest BCUT2D eigenvalue weighted by Gasteiger charge is -2.25. The van der Waals surface area contributed by atoms with Gasteiger partial charge in [-0.25, -0.2) is 4.79 Å². The maximum Gasteiger partial charge on any atom is 0.361 e. The molecule has 0 aromatic rings. The zero-order valence-corrected chi connectivity index (χ0v) is 47.0. The van der Waals surface area contributed by atoms with Crippen LogP contribution in [-0.2, 0) is 33.3 Å². The molecule has 0 aromatic carbocycles. The molecule has 9 nitrogen and oxygen atoms in total. The van der Waals surface area contributed by atoms with E-state index in [1.807, 2.05) is 21.1 Å². The van der Waals surface area contributed by atoms with Crippen LogP contribution < -0.4 is 0 Å². The third-order valence-corrected chi connectivity index (χ3v) is 11.7. The monoisotopic (exact) mass is 1020 g/mol. The highest BCUT2D eigenvalue weighted by molar-refractivity contribution is 5.71. The van der Waals surface area contributed by atoms with Crippen molar-refractivity contribution in [1.29, 1.82) is 0 Å². The van der Waals surface area contributed by atoms with Gasteiger partial charge in [0.05, 0.1) is 34.4 Å². The Balaban J connectivity index is 4.21. The molecule has 9 heteroatoms. The normalized spacial score (nSPS) is 13.7. The van der Waals surface area contributed by atoms with Gasteiger partial charge in [0.2, 0.25) is 0 Å². The van der Waals surface area contributed by atoms with Crippen molar-refractivity contribution in [3.8, 4) is 0 Å². The molecule has 0 radical (unpaired) electrons. The molecule has 73 heavy (non-hydrogen) atoms. The van der Waals surface area contributed by atoms with Crippen molar-refractivity contribution in [3.63, 3.8) is 0 Å². The molecule has 0 aliphatic carbocycles. The van der Waals surface area contributed by atoms with Crippen molar-refractivity contribution in [1.82, 2.24) is 0 Å². The van der Waals surface area contributed by atoms with Gasteiger partial charge in [-0.3, -0.25) is 9.59 Å². The molecule has 2 unspecified atom stereocenters. The summed E-state index contributed by atoms with van der Waals surface area (Å²) in [4.78, 5) is 37.3. The first-order chi connectivity index (χ1) is 35.6. The predicted octanol–water partition coefficient (Wildman–Crippen LogP) is 16.9. The van der Waals surface area contributed by atoms with Gasteiger partial charge in [0.1, 0.15) is 13.2 Å². The average Bonchev–Trinajstić information content (AvgIpc) is 3.36. The summed E-state index contributed by atoms with van der Waals surface area (Å²) in [6, 6.07) is 0. The van der Waals surface area contributed by atoms with Crippen LogP contribution in [0.15, 0.2) is 122 Å². The van der Waals surface area contributed by atoms with Crippen molar-refractivity contribution in [3.05, 3.63) is 122 Å². The number of esters is 2. The molecular formula is C64H106NO8+. The number of likely N-dealkylation sites (N-methyl/N-ethyl adjacent to an activating group) is 1. The van der Waals surface area contributed by atoms with Gasteiger partial charge in [0.25, 0.3) is 6.29 Å². The highest BCUT2D eigenvalue weighted by Crippen LogP contribution is 2.14. The van der Waals surface area contributed by atoms with Gasteiger partial charge in [-0.2, -0.15) is 0 Å². The smallest absolute Gasteiger partial charge is 0.361 e. The number of carbonyl (C=O) groups is 3. The molecule has 0 aliphatic heterocycles. The minimum Gasteiger partial charge on any atom is -0.477 e. The lowest BCUT2D eigenvalue weighted by Crippen LogP contribution is -2.40. The fraction of sp³-hybridized carbons (Fsp3) is 0.641. The van der Waals surface area contributed by atoms with E-state index < -0.39 is 24.3 Å². The van der Waals surface area contributed by atoms with Crippen LogP contribution in [0, 0.1) is 0 Å². The van der Waals surface area contributed by atoms with Crippen molar-refractivity contribution < 1.29 is 42.9 Å². The number of allylic oxidation sites excluding steroid dienone is 20. The van der Waals surface area contributed by atoms with Gasteiger partial charge < -0.3 is 28.5 Å². The molecule has 0 saturated carbocycles. The van der Waals surface area contributed by atoms with E-state index in [1.165, 1.54) is 51.4 Å². The zero-order chi connectivity index (χ0) is 53.4. The van der Waals surface area contributed by atoms with Crippen LogP contribution in [0.2, 0.25) is 0 Å². The van der Waals surface area contributed by atoms with Gasteiger partial charge in [-0.15, -0.1) is 0 Å². The molecule has 0 fully saturated rings. The van der Waals surface area contributed by atoms with Gasteiger partial charge in [-0.1, -0.05) is 225 Å². The molecule has 0 aromatic heterocycles. The Labute approximate surface area is 447 Å². The highest BCUT2D eigenvalue weighted by Gasteiger charge is 2.25. The van der Waals surface area contributed by atoms with Crippen LogP contribution in [0.3, 0.4) is 0 Å². The molecule has 0 aliphatic rings. The first kappa shape index (κ1) is 68.7. The number of carboxylic acids is 1. The summed E-state index contributed by atoms with van der Waals surface area (Å²) in [6.45, 7) is 4.71. The largest absolute Gasteiger partial charge is 0.477 e. The van der Waals surface area contributed by atoms with E-state index in [0.29, 0.717) is 23.9 Å². The third-order valence-electron chi connectivity index (χ3n) is 11.7. The zero-order valence-electron chi connectivity index (χ0n) is 47.0. The minimum atomic E-state index is -1.52. The average molecular weight is 1020 g/mol. The Morgan fingerprint density at radius 3 is 1.16 bits per heavy atom. The van der Waals surface area contributed by atoms with E-state index in [4.69, 9.17) is 18.9 Å². The van der Waals surface area contributed by atoms with E-state index >= 15 is 0 Å². The van der Waals surface area contributed by atoms with E-state index in [9.17, 15) is 19.5 Å². The number of quaternary nitrogens is 1. The molecule has 0 saturated heterocycles. The minimum absolute atomic E-state index is 0.180. The second-order valence-electron chi connectivity index (χ2n) is 19.9. The van der Waals surface area contributed by atoms with Gasteiger partial charge in [0, 0.05) is 12.8 Å². The molecule has 0 heterocycles. The van der Waals surface area contributed by atoms with Crippen LogP contribution in [0.5, 0.6) is 0 Å². The molecule has 2 atom stereocenters. The fourth-order valence-electron chi connectivity index (χ4n) is 7.33. The Morgan fingerprint density at radius 2 is 0.781 bits per heavy atom. The lowest BCUT2D eigenvalue weighted by molar-refractivity contribution is -0.870. The van der Waals surface area contributed by atoms with Crippen molar-refractivity contribution in [2.45, 2.75) is 219 Å². The van der Waals surface area contributed by atoms with E-state index in [1.54, 1.807) is 0 Å². The number of hydrogen-bond acceptors (Lipinski definition) is 7. The van der Waals surface area contributed by atoms with Crippen molar-refractivity contribution >= 4 is 17.9 Å². The number of nitrogens with zero attached hydrogens (tertiary/aromatic N) is 1. The first-order valence-corrected chi connectivity index (χ1v) is 28.7. The number of ether oxygens (including phenoxy) is 4. The van der Waals surface area contributed by atoms with Crippen LogP contribution in [-0.4, -0.2) is 87.4 Å². The SMILES string of the molecule is CC/C=C\C/C=C\C/C=C\C/C=C\C/C=C\C/C=C\C/C=C\C/C=C\C/C=C\C/C=C\CCCCCCCCC(=O)OC(COC(=O)CCCCCCCCCCCCC)COC(OCC[N+](C)(C)C)C(=O)O. The second-order valence-corrected chi connectivity index (χ2v) is 19.9. The summed E-state index contributed by atoms with van der Waals surface area (Å²) in [6.07, 6.45) is 72.8. The van der Waals surface area contributed by atoms with Crippen LogP contribution in [0.4, 0.5) is 0 Å². The number of carbonyl (C=O) groups excluding carboxylic acids is 2. The summed E-state index contributed by atoms with van der Waals surface area (Å²) < 4.78 is 22.8. The summed E-state index contributed by atoms with van der Waals surface area (Å²) in [7, 11) is 5.95. The maximum absolute atomic E-state index is 12.8. The Morgan fingerprint density at radius 1 is 0.425 bits per heavy atom. The number of hydrogen-bond donors (Lipinski definition) is 1. The quantitative estimate of drug-likeness (QED) is 0.0211. The summed E-state index contributed by atoms with van der Waals surface area (Å²) in [5.41, 5.74) is 0. The number of carboxylic acid groups (broad SMARTS) is 1. The van der Waals surface area contributed by atoms with Crippen LogP contribution in [0.25, 0.3) is 0 Å². The third kappa shape index (κ3) is 55.3. The lowest BCUT2D eigenvalue weighted by atomic mass is 10.1. The van der Waals surface area contributed by atoms with Gasteiger partial charge >= 0.3 is 17.9 Å². The Hall–Kier alpha value is -4.31. The summed E-state index contributed by atoms with van der Waals surface area (Å²) >= 11 is 0. The van der Waals surface area contributed by atoms with E-state index in [2.05, 4.69) is 135 Å². The first-order valence-electron chi connectivity index (χ1n) is 28.7. The summed E-state index contributed by atoms with van der Waals surface area (Å²) in [5, 5.41) is 9.67. The molecular weight excluding hydrogens is 911 g/mol. The molecule has 0 amide bonds. The number of aliphatic carboxylic acids is 1. The molecule has 0 spiro atoms. The van der Waals surface area contributed by atoms with Crippen molar-refractivity contribution in [2.75, 3.05) is 47.5 Å². The fourth-order valence-corrected chi connectivity index (χ4v) is 7.33. The van der Waals surface area contributed by atoms with Gasteiger partial charge in [-0.05, 0) is 89.9 Å². The Kier molecular flexibility index (Phi) is 50.8. The standard InChI is InChI=1S/C64H105NO8/c1-6-8-10-12-14-16-18-19-20-21-22-23-24-25-26-27-28-29-30-31-32-33-34-35-36-37-38-39-40-41-42-43-45-47-49-51-53-55-62(67)73-60(59-72-64(63(68)69)70-57-56-65(3,4)5)58-71-61(66)54-52-50-48-46-44-17-15-13-11-9-7-2/h8,10,14,16,19-20,22-23,25-26,28-29,31-32,34-35,37-38,40-41,60,64H,6-7,9,11-13,15,17-18,21,24,27,30,33,36,39,42-59H2,1-5H3/p+1/b10-8-,16-14-,20-19-,23-22-,26-25-,29-28-,32-31-,35-34-,38-37-,41-40-. The van der Waals surface area contributed by atoms with Crippen molar-refractivity contribution in [2.24, 2.45) is 0 Å². The van der Waals surface area contributed by atoms with Crippen LogP contribution in [0.1, 0.15) is 206 Å². The van der Waals surface area contributed by atoms with Gasteiger partial charge in [0.15, 0.2) is 6.10 Å².